The Labute approximate surface area is 130 Å². The van der Waals surface area contributed by atoms with Gasteiger partial charge in [0.1, 0.15) is 0 Å². The van der Waals surface area contributed by atoms with Crippen molar-refractivity contribution in [2.24, 2.45) is 5.41 Å². The maximum atomic E-state index is 12.2. The number of nitrogens with zero attached hydrogens (tertiary/aromatic N) is 1. The molecule has 0 saturated carbocycles. The maximum Gasteiger partial charge on any atom is 0.238 e. The normalized spacial score (nSPS) is 25.6. The molecule has 0 bridgehead atoms. The van der Waals surface area contributed by atoms with E-state index in [1.54, 1.807) is 6.07 Å². The van der Waals surface area contributed by atoms with E-state index in [0.29, 0.717) is 17.0 Å². The molecule has 4 nitrogen and oxygen atoms in total. The molecular weight excluding hydrogens is 286 g/mol. The molecule has 21 heavy (non-hydrogen) atoms. The number of carbonyl (C=O) groups is 1. The van der Waals surface area contributed by atoms with Crippen molar-refractivity contribution < 1.29 is 4.79 Å². The summed E-state index contributed by atoms with van der Waals surface area (Å²) in [5, 5.41) is 7.13. The number of anilines is 1. The summed E-state index contributed by atoms with van der Waals surface area (Å²) >= 11 is 5.93. The molecule has 2 fully saturated rings. The summed E-state index contributed by atoms with van der Waals surface area (Å²) in [5.41, 5.74) is 2.26. The zero-order valence-electron chi connectivity index (χ0n) is 12.4. The van der Waals surface area contributed by atoms with Crippen molar-refractivity contribution in [3.05, 3.63) is 28.8 Å². The first-order valence-corrected chi connectivity index (χ1v) is 7.93. The molecule has 1 atom stereocenters. The van der Waals surface area contributed by atoms with E-state index in [1.165, 1.54) is 12.8 Å². The highest BCUT2D eigenvalue weighted by molar-refractivity contribution is 6.30. The highest BCUT2D eigenvalue weighted by Gasteiger charge is 2.40. The van der Waals surface area contributed by atoms with Gasteiger partial charge in [-0.05, 0) is 62.0 Å². The predicted molar refractivity (Wildman–Crippen MR) is 85.8 cm³/mol. The Kier molecular flexibility index (Phi) is 4.20. The van der Waals surface area contributed by atoms with Crippen LogP contribution in [0.3, 0.4) is 0 Å². The number of carbonyl (C=O) groups excluding carboxylic acids is 1. The number of rotatable bonds is 3. The van der Waals surface area contributed by atoms with Crippen molar-refractivity contribution in [3.63, 3.8) is 0 Å². The average Bonchev–Trinajstić information content (AvgIpc) is 3.04. The van der Waals surface area contributed by atoms with E-state index in [9.17, 15) is 4.79 Å². The zero-order valence-corrected chi connectivity index (χ0v) is 13.2. The number of hydrogen-bond acceptors (Lipinski definition) is 3. The first-order chi connectivity index (χ1) is 10.1. The highest BCUT2D eigenvalue weighted by atomic mass is 35.5. The molecule has 3 rings (SSSR count). The third kappa shape index (κ3) is 3.39. The molecule has 1 unspecified atom stereocenters. The largest absolute Gasteiger partial charge is 0.325 e. The first kappa shape index (κ1) is 14.8. The summed E-state index contributed by atoms with van der Waals surface area (Å²) in [7, 11) is 0. The zero-order chi connectivity index (χ0) is 14.9. The van der Waals surface area contributed by atoms with Crippen LogP contribution in [-0.2, 0) is 4.79 Å². The van der Waals surface area contributed by atoms with Gasteiger partial charge in [0.05, 0.1) is 6.54 Å². The fourth-order valence-electron chi connectivity index (χ4n) is 3.47. The fourth-order valence-corrected chi connectivity index (χ4v) is 3.69. The van der Waals surface area contributed by atoms with E-state index in [4.69, 9.17) is 11.6 Å². The molecule has 0 radical (unpaired) electrons. The molecule has 2 aliphatic rings. The van der Waals surface area contributed by atoms with Crippen LogP contribution in [0.25, 0.3) is 0 Å². The van der Waals surface area contributed by atoms with Crippen LogP contribution in [0.2, 0.25) is 5.02 Å². The standard InChI is InChI=1S/C16H22ClN3O/c1-12-8-13(17)2-3-14(12)19-15(21)9-20-7-5-16(11-20)4-6-18-10-16/h2-3,8,18H,4-7,9-11H2,1H3,(H,19,21). The number of nitrogens with one attached hydrogen (secondary N) is 2. The molecule has 0 aromatic heterocycles. The monoisotopic (exact) mass is 307 g/mol. The second kappa shape index (κ2) is 5.95. The second-order valence-corrected chi connectivity index (χ2v) is 6.83. The van der Waals surface area contributed by atoms with Crippen molar-refractivity contribution in [2.75, 3.05) is 38.0 Å². The Morgan fingerprint density at radius 2 is 2.33 bits per heavy atom. The van der Waals surface area contributed by atoms with E-state index in [-0.39, 0.29) is 5.91 Å². The van der Waals surface area contributed by atoms with E-state index >= 15 is 0 Å². The Morgan fingerprint density at radius 3 is 3.05 bits per heavy atom. The molecule has 5 heteroatoms. The summed E-state index contributed by atoms with van der Waals surface area (Å²) in [6.07, 6.45) is 2.44. The number of hydrogen-bond donors (Lipinski definition) is 2. The molecule has 1 spiro atoms. The van der Waals surface area contributed by atoms with Gasteiger partial charge >= 0.3 is 0 Å². The number of benzene rings is 1. The summed E-state index contributed by atoms with van der Waals surface area (Å²) in [6, 6.07) is 5.54. The highest BCUT2D eigenvalue weighted by Crippen LogP contribution is 2.35. The Morgan fingerprint density at radius 1 is 1.48 bits per heavy atom. The van der Waals surface area contributed by atoms with Crippen LogP contribution in [0.1, 0.15) is 18.4 Å². The van der Waals surface area contributed by atoms with Gasteiger partial charge < -0.3 is 10.6 Å². The van der Waals surface area contributed by atoms with Gasteiger partial charge in [-0.2, -0.15) is 0 Å². The maximum absolute atomic E-state index is 12.2. The van der Waals surface area contributed by atoms with Crippen LogP contribution in [0.4, 0.5) is 5.69 Å². The van der Waals surface area contributed by atoms with Gasteiger partial charge in [0.25, 0.3) is 0 Å². The number of likely N-dealkylation sites (tertiary alicyclic amines) is 1. The summed E-state index contributed by atoms with van der Waals surface area (Å²) in [5.74, 6) is 0.0587. The van der Waals surface area contributed by atoms with Gasteiger partial charge in [-0.3, -0.25) is 9.69 Å². The average molecular weight is 308 g/mol. The topological polar surface area (TPSA) is 44.4 Å². The van der Waals surface area contributed by atoms with E-state index in [2.05, 4.69) is 15.5 Å². The molecule has 2 N–H and O–H groups in total. The van der Waals surface area contributed by atoms with Gasteiger partial charge in [-0.25, -0.2) is 0 Å². The quantitative estimate of drug-likeness (QED) is 0.900. The van der Waals surface area contributed by atoms with Crippen LogP contribution in [-0.4, -0.2) is 43.5 Å². The fraction of sp³-hybridized carbons (Fsp3) is 0.562. The molecule has 1 aromatic rings. The molecule has 0 aliphatic carbocycles. The molecule has 2 saturated heterocycles. The lowest BCUT2D eigenvalue weighted by molar-refractivity contribution is -0.117. The van der Waals surface area contributed by atoms with Crippen molar-refractivity contribution in [3.8, 4) is 0 Å². The van der Waals surface area contributed by atoms with E-state index in [0.717, 1.165) is 37.4 Å². The smallest absolute Gasteiger partial charge is 0.238 e. The van der Waals surface area contributed by atoms with Gasteiger partial charge in [-0.1, -0.05) is 11.6 Å². The number of halogens is 1. The lowest BCUT2D eigenvalue weighted by Crippen LogP contribution is -2.34. The van der Waals surface area contributed by atoms with Crippen LogP contribution in [0, 0.1) is 12.3 Å². The van der Waals surface area contributed by atoms with E-state index in [1.807, 2.05) is 19.1 Å². The SMILES string of the molecule is Cc1cc(Cl)ccc1NC(=O)CN1CCC2(CCNC2)C1. The lowest BCUT2D eigenvalue weighted by Gasteiger charge is -2.22. The second-order valence-electron chi connectivity index (χ2n) is 6.39. The predicted octanol–water partition coefficient (Wildman–Crippen LogP) is 2.27. The minimum Gasteiger partial charge on any atom is -0.325 e. The lowest BCUT2D eigenvalue weighted by atomic mass is 9.87. The molecule has 114 valence electrons. The van der Waals surface area contributed by atoms with Gasteiger partial charge in [0.2, 0.25) is 5.91 Å². The molecule has 1 aromatic carbocycles. The van der Waals surface area contributed by atoms with Crippen molar-refractivity contribution >= 4 is 23.2 Å². The van der Waals surface area contributed by atoms with Crippen LogP contribution in [0.5, 0.6) is 0 Å². The summed E-state index contributed by atoms with van der Waals surface area (Å²) in [4.78, 5) is 14.5. The molecular formula is C16H22ClN3O. The molecule has 1 amide bonds. The summed E-state index contributed by atoms with van der Waals surface area (Å²) < 4.78 is 0. The van der Waals surface area contributed by atoms with Crippen LogP contribution < -0.4 is 10.6 Å². The minimum atomic E-state index is 0.0587. The van der Waals surface area contributed by atoms with Crippen LogP contribution in [0.15, 0.2) is 18.2 Å². The third-order valence-electron chi connectivity index (χ3n) is 4.68. The Bertz CT molecular complexity index is 540. The third-order valence-corrected chi connectivity index (χ3v) is 4.91. The van der Waals surface area contributed by atoms with Crippen molar-refractivity contribution in [2.45, 2.75) is 19.8 Å². The number of amides is 1. The van der Waals surface area contributed by atoms with Crippen LogP contribution >= 0.6 is 11.6 Å². The van der Waals surface area contributed by atoms with Crippen molar-refractivity contribution in [1.82, 2.24) is 10.2 Å². The van der Waals surface area contributed by atoms with Gasteiger partial charge in [-0.15, -0.1) is 0 Å². The van der Waals surface area contributed by atoms with Gasteiger partial charge in [0.15, 0.2) is 0 Å². The Hall–Kier alpha value is -1.10. The summed E-state index contributed by atoms with van der Waals surface area (Å²) in [6.45, 7) is 6.70. The minimum absolute atomic E-state index is 0.0587. The first-order valence-electron chi connectivity index (χ1n) is 7.55. The Balaban J connectivity index is 1.55. The number of aryl methyl sites for hydroxylation is 1. The van der Waals surface area contributed by atoms with Gasteiger partial charge in [0, 0.05) is 23.8 Å². The van der Waals surface area contributed by atoms with E-state index < -0.39 is 0 Å². The molecule has 2 heterocycles. The molecule has 2 aliphatic heterocycles. The van der Waals surface area contributed by atoms with Crippen molar-refractivity contribution in [1.29, 1.82) is 0 Å².